The molecular formula is C39H21N3O+2. The molecule has 0 bridgehead atoms. The van der Waals surface area contributed by atoms with Crippen molar-refractivity contribution in [1.29, 1.82) is 0 Å². The van der Waals surface area contributed by atoms with Crippen LogP contribution in [0.2, 0.25) is 0 Å². The maximum atomic E-state index is 6.82. The van der Waals surface area contributed by atoms with Crippen molar-refractivity contribution in [3.05, 3.63) is 139 Å². The van der Waals surface area contributed by atoms with E-state index in [1.165, 1.54) is 82.0 Å². The molecule has 1 atom stereocenters. The number of aromatic nitrogens is 3. The maximum Gasteiger partial charge on any atom is 0.447 e. The molecule has 0 saturated heterocycles. The summed E-state index contributed by atoms with van der Waals surface area (Å²) in [5.74, 6) is 1.85. The molecule has 3 aromatic heterocycles. The molecule has 43 heavy (non-hydrogen) atoms. The van der Waals surface area contributed by atoms with E-state index in [9.17, 15) is 0 Å². The number of para-hydroxylation sites is 1. The second kappa shape index (κ2) is 6.66. The lowest BCUT2D eigenvalue weighted by Gasteiger charge is -2.24. The smallest absolute Gasteiger partial charge is 0.447 e. The van der Waals surface area contributed by atoms with Crippen LogP contribution in [0.1, 0.15) is 11.1 Å². The van der Waals surface area contributed by atoms with Gasteiger partial charge in [0.25, 0.3) is 0 Å². The normalized spacial score (nSPS) is 17.1. The lowest BCUT2D eigenvalue weighted by Crippen LogP contribution is -2.73. The zero-order valence-electron chi connectivity index (χ0n) is 22.9. The van der Waals surface area contributed by atoms with Gasteiger partial charge >= 0.3 is 5.66 Å². The van der Waals surface area contributed by atoms with Gasteiger partial charge in [0.05, 0.1) is 10.9 Å². The van der Waals surface area contributed by atoms with Gasteiger partial charge in [0.2, 0.25) is 11.2 Å². The van der Waals surface area contributed by atoms with E-state index in [0.29, 0.717) is 0 Å². The maximum absolute atomic E-state index is 6.82. The highest BCUT2D eigenvalue weighted by molar-refractivity contribution is 6.36. The van der Waals surface area contributed by atoms with Crippen LogP contribution in [0.15, 0.2) is 128 Å². The first-order valence-corrected chi connectivity index (χ1v) is 14.9. The van der Waals surface area contributed by atoms with Crippen molar-refractivity contribution in [2.75, 3.05) is 0 Å². The Labute approximate surface area is 244 Å². The Kier molecular flexibility index (Phi) is 3.26. The first kappa shape index (κ1) is 21.0. The molecule has 3 aliphatic heterocycles. The molecule has 9 aromatic rings. The minimum Gasteiger partial charge on any atom is -0.455 e. The average Bonchev–Trinajstić information content (AvgIpc) is 3.69. The molecule has 0 saturated carbocycles. The van der Waals surface area contributed by atoms with Gasteiger partial charge in [-0.2, -0.15) is 0 Å². The minimum atomic E-state index is -0.618. The minimum absolute atomic E-state index is 0.618. The lowest BCUT2D eigenvalue weighted by atomic mass is 9.84. The third-order valence-electron chi connectivity index (χ3n) is 10.3. The van der Waals surface area contributed by atoms with Gasteiger partial charge in [0.1, 0.15) is 22.5 Å². The molecule has 12 rings (SSSR count). The van der Waals surface area contributed by atoms with Gasteiger partial charge in [-0.3, -0.25) is 0 Å². The van der Waals surface area contributed by atoms with E-state index in [4.69, 9.17) is 4.74 Å². The molecule has 3 aliphatic rings. The number of hydrogen-bond donors (Lipinski definition) is 0. The van der Waals surface area contributed by atoms with E-state index in [2.05, 4.69) is 141 Å². The second-order valence-corrected chi connectivity index (χ2v) is 12.1. The van der Waals surface area contributed by atoms with Crippen molar-refractivity contribution in [1.82, 2.24) is 4.52 Å². The first-order valence-electron chi connectivity index (χ1n) is 14.9. The highest BCUT2D eigenvalue weighted by Gasteiger charge is 2.72. The summed E-state index contributed by atoms with van der Waals surface area (Å²) in [6.07, 6.45) is 2.25. The van der Waals surface area contributed by atoms with Gasteiger partial charge in [-0.05, 0) is 62.6 Å². The van der Waals surface area contributed by atoms with Crippen LogP contribution in [0.5, 0.6) is 11.5 Å². The second-order valence-electron chi connectivity index (χ2n) is 12.1. The van der Waals surface area contributed by atoms with E-state index in [-0.39, 0.29) is 0 Å². The Bertz CT molecular complexity index is 2830. The van der Waals surface area contributed by atoms with Crippen LogP contribution >= 0.6 is 0 Å². The molecule has 6 heterocycles. The summed E-state index contributed by atoms with van der Waals surface area (Å²) in [6.45, 7) is 0. The zero-order valence-corrected chi connectivity index (χ0v) is 22.9. The monoisotopic (exact) mass is 547 g/mol. The molecule has 0 radical (unpaired) electrons. The number of benzene rings is 6. The summed E-state index contributed by atoms with van der Waals surface area (Å²) in [7, 11) is 0. The fourth-order valence-electron chi connectivity index (χ4n) is 8.97. The SMILES string of the molecule is c1cc2c3c(c1)-c1cccc[n+]1C31c3c(ccc4c5c6ccccc6c6ccccc6c5c5c6ccccc6[n+]1n5c34)O2. The van der Waals surface area contributed by atoms with Gasteiger partial charge in [-0.25, -0.2) is 0 Å². The molecule has 4 heteroatoms. The van der Waals surface area contributed by atoms with Crippen LogP contribution in [0.4, 0.5) is 0 Å². The number of ether oxygens (including phenoxy) is 1. The van der Waals surface area contributed by atoms with Crippen molar-refractivity contribution in [3.63, 3.8) is 0 Å². The predicted octanol–water partition coefficient (Wildman–Crippen LogP) is 7.98. The van der Waals surface area contributed by atoms with Gasteiger partial charge < -0.3 is 4.74 Å². The molecule has 4 nitrogen and oxygen atoms in total. The van der Waals surface area contributed by atoms with Crippen LogP contribution in [0.25, 0.3) is 70.9 Å². The number of pyridine rings is 2. The molecule has 6 aromatic carbocycles. The Hall–Kier alpha value is -5.74. The zero-order chi connectivity index (χ0) is 27.6. The number of rotatable bonds is 0. The Morgan fingerprint density at radius 1 is 0.512 bits per heavy atom. The fourth-order valence-corrected chi connectivity index (χ4v) is 8.97. The molecule has 0 amide bonds. The van der Waals surface area contributed by atoms with E-state index in [0.717, 1.165) is 11.5 Å². The van der Waals surface area contributed by atoms with E-state index < -0.39 is 5.66 Å². The van der Waals surface area contributed by atoms with Gasteiger partial charge in [-0.15, -0.1) is 9.08 Å². The van der Waals surface area contributed by atoms with E-state index in [1.54, 1.807) is 0 Å². The standard InChI is InChI=1S/C39H21N3O/c1-3-12-24-22(10-1)23-11-2-4-13-25(23)34-33(24)28-19-20-32-36-38(28)41-37(34)27-14-5-6-17-30(27)42(41)39(36)35-26(15-9-18-31(35)43-32)29-16-7-8-21-40(29)39/h1-21H/q+2. The number of fused-ring (bicyclic) bond motifs is 13. The number of nitrogens with zero attached hydrogens (tertiary/aromatic N) is 3. The largest absolute Gasteiger partial charge is 0.455 e. The predicted molar refractivity (Wildman–Crippen MR) is 169 cm³/mol. The quantitative estimate of drug-likeness (QED) is 0.139. The lowest BCUT2D eigenvalue weighted by molar-refractivity contribution is -0.975. The van der Waals surface area contributed by atoms with Crippen molar-refractivity contribution >= 4 is 59.6 Å². The molecule has 0 aliphatic carbocycles. The molecular weight excluding hydrogens is 526 g/mol. The summed E-state index contributed by atoms with van der Waals surface area (Å²) < 4.78 is 14.4. The van der Waals surface area contributed by atoms with Gasteiger partial charge in [0.15, 0.2) is 17.3 Å². The summed E-state index contributed by atoms with van der Waals surface area (Å²) in [5, 5.41) is 10.3. The van der Waals surface area contributed by atoms with Crippen LogP contribution in [0, 0.1) is 0 Å². The van der Waals surface area contributed by atoms with Crippen LogP contribution in [0.3, 0.4) is 0 Å². The molecule has 0 N–H and O–H groups in total. The van der Waals surface area contributed by atoms with Crippen molar-refractivity contribution < 1.29 is 14.0 Å². The highest BCUT2D eigenvalue weighted by Crippen LogP contribution is 2.57. The van der Waals surface area contributed by atoms with Crippen LogP contribution < -0.4 is 14.0 Å². The summed E-state index contributed by atoms with van der Waals surface area (Å²) in [5.41, 5.74) is 7.92. The summed E-state index contributed by atoms with van der Waals surface area (Å²) in [6, 6.07) is 44.4. The summed E-state index contributed by atoms with van der Waals surface area (Å²) in [4.78, 5) is 0. The Morgan fingerprint density at radius 2 is 1.21 bits per heavy atom. The van der Waals surface area contributed by atoms with Crippen LogP contribution in [-0.2, 0) is 5.66 Å². The van der Waals surface area contributed by atoms with E-state index in [1.807, 2.05) is 0 Å². The van der Waals surface area contributed by atoms with E-state index >= 15 is 0 Å². The fraction of sp³-hybridized carbons (Fsp3) is 0.0256. The third kappa shape index (κ3) is 2.02. The van der Waals surface area contributed by atoms with Crippen molar-refractivity contribution in [2.45, 2.75) is 5.66 Å². The molecule has 0 fully saturated rings. The first-order chi connectivity index (χ1) is 21.4. The summed E-state index contributed by atoms with van der Waals surface area (Å²) >= 11 is 0. The molecule has 196 valence electrons. The Morgan fingerprint density at radius 3 is 2.05 bits per heavy atom. The highest BCUT2D eigenvalue weighted by atomic mass is 16.5. The Balaban J connectivity index is 1.49. The average molecular weight is 548 g/mol. The van der Waals surface area contributed by atoms with Gasteiger partial charge in [-0.1, -0.05) is 66.7 Å². The van der Waals surface area contributed by atoms with Crippen molar-refractivity contribution in [3.8, 4) is 22.8 Å². The van der Waals surface area contributed by atoms with Gasteiger partial charge in [0, 0.05) is 34.4 Å². The molecule has 1 spiro atoms. The third-order valence-corrected chi connectivity index (χ3v) is 10.3. The van der Waals surface area contributed by atoms with Crippen molar-refractivity contribution in [2.24, 2.45) is 0 Å². The van der Waals surface area contributed by atoms with Crippen LogP contribution in [-0.4, -0.2) is 4.52 Å². The number of hydrogen-bond acceptors (Lipinski definition) is 1. The molecule has 1 unspecified atom stereocenters. The topological polar surface area (TPSA) is 21.4 Å².